The van der Waals surface area contributed by atoms with Crippen molar-refractivity contribution in [2.24, 2.45) is 0 Å². The maximum absolute atomic E-state index is 11.2. The molecule has 0 aliphatic carbocycles. The Hall–Kier alpha value is -0.610. The SMILES string of the molecule is CC(C)NC(=O)CCNCCN(C)C. The fourth-order valence-corrected chi connectivity index (χ4v) is 1.02. The first-order valence-electron chi connectivity index (χ1n) is 5.17. The second-order valence-electron chi connectivity index (χ2n) is 4.03. The van der Waals surface area contributed by atoms with Crippen LogP contribution in [-0.2, 0) is 4.79 Å². The van der Waals surface area contributed by atoms with Crippen molar-refractivity contribution >= 4 is 5.91 Å². The molecule has 0 aliphatic rings. The van der Waals surface area contributed by atoms with Gasteiger partial charge in [-0.25, -0.2) is 0 Å². The van der Waals surface area contributed by atoms with Crippen LogP contribution in [0.2, 0.25) is 0 Å². The molecule has 0 atom stereocenters. The Morgan fingerprint density at radius 1 is 1.29 bits per heavy atom. The summed E-state index contributed by atoms with van der Waals surface area (Å²) in [5.41, 5.74) is 0. The first-order valence-corrected chi connectivity index (χ1v) is 5.17. The maximum Gasteiger partial charge on any atom is 0.221 e. The predicted molar refractivity (Wildman–Crippen MR) is 59.3 cm³/mol. The Morgan fingerprint density at radius 3 is 2.43 bits per heavy atom. The van der Waals surface area contributed by atoms with Crippen molar-refractivity contribution in [1.29, 1.82) is 0 Å². The second-order valence-corrected chi connectivity index (χ2v) is 4.03. The van der Waals surface area contributed by atoms with E-state index < -0.39 is 0 Å². The number of carbonyl (C=O) groups excluding carboxylic acids is 1. The second kappa shape index (κ2) is 7.76. The van der Waals surface area contributed by atoms with Gasteiger partial charge in [-0.1, -0.05) is 0 Å². The highest BCUT2D eigenvalue weighted by Gasteiger charge is 2.01. The Bertz CT molecular complexity index is 157. The largest absolute Gasteiger partial charge is 0.354 e. The molecular weight excluding hydrogens is 178 g/mol. The molecule has 0 aromatic heterocycles. The van der Waals surface area contributed by atoms with Gasteiger partial charge in [0, 0.05) is 32.1 Å². The monoisotopic (exact) mass is 201 g/mol. The lowest BCUT2D eigenvalue weighted by Crippen LogP contribution is -2.34. The summed E-state index contributed by atoms with van der Waals surface area (Å²) in [6.07, 6.45) is 0.561. The number of likely N-dealkylation sites (N-methyl/N-ethyl adjacent to an activating group) is 1. The average molecular weight is 201 g/mol. The van der Waals surface area contributed by atoms with E-state index in [9.17, 15) is 4.79 Å². The van der Waals surface area contributed by atoms with Crippen molar-refractivity contribution in [3.8, 4) is 0 Å². The summed E-state index contributed by atoms with van der Waals surface area (Å²) in [4.78, 5) is 13.3. The van der Waals surface area contributed by atoms with Crippen LogP contribution < -0.4 is 10.6 Å². The van der Waals surface area contributed by atoms with E-state index >= 15 is 0 Å². The topological polar surface area (TPSA) is 44.4 Å². The van der Waals surface area contributed by atoms with E-state index in [2.05, 4.69) is 15.5 Å². The van der Waals surface area contributed by atoms with Gasteiger partial charge in [-0.15, -0.1) is 0 Å². The molecule has 4 nitrogen and oxygen atoms in total. The van der Waals surface area contributed by atoms with Gasteiger partial charge in [0.15, 0.2) is 0 Å². The van der Waals surface area contributed by atoms with Crippen LogP contribution in [-0.4, -0.2) is 50.6 Å². The molecule has 0 saturated carbocycles. The van der Waals surface area contributed by atoms with Crippen LogP contribution >= 0.6 is 0 Å². The third-order valence-electron chi connectivity index (χ3n) is 1.71. The molecule has 0 radical (unpaired) electrons. The fraction of sp³-hybridized carbons (Fsp3) is 0.900. The number of amides is 1. The third-order valence-corrected chi connectivity index (χ3v) is 1.71. The molecule has 0 saturated heterocycles. The number of hydrogen-bond donors (Lipinski definition) is 2. The zero-order chi connectivity index (χ0) is 11.0. The lowest BCUT2D eigenvalue weighted by atomic mass is 10.3. The summed E-state index contributed by atoms with van der Waals surface area (Å²) in [5, 5.41) is 6.07. The van der Waals surface area contributed by atoms with Gasteiger partial charge < -0.3 is 15.5 Å². The van der Waals surface area contributed by atoms with Crippen LogP contribution in [0.1, 0.15) is 20.3 Å². The van der Waals surface area contributed by atoms with Gasteiger partial charge in [0.1, 0.15) is 0 Å². The van der Waals surface area contributed by atoms with Crippen LogP contribution in [0.15, 0.2) is 0 Å². The highest BCUT2D eigenvalue weighted by Crippen LogP contribution is 1.82. The average Bonchev–Trinajstić information content (AvgIpc) is 2.01. The molecule has 0 heterocycles. The van der Waals surface area contributed by atoms with E-state index in [0.717, 1.165) is 19.6 Å². The van der Waals surface area contributed by atoms with Gasteiger partial charge in [-0.3, -0.25) is 4.79 Å². The molecule has 0 fully saturated rings. The number of hydrogen-bond acceptors (Lipinski definition) is 3. The lowest BCUT2D eigenvalue weighted by molar-refractivity contribution is -0.121. The van der Waals surface area contributed by atoms with E-state index in [-0.39, 0.29) is 11.9 Å². The number of carbonyl (C=O) groups is 1. The number of nitrogens with one attached hydrogen (secondary N) is 2. The first-order chi connectivity index (χ1) is 6.52. The molecule has 1 amide bonds. The summed E-state index contributed by atoms with van der Waals surface area (Å²) >= 11 is 0. The molecule has 0 bridgehead atoms. The first kappa shape index (κ1) is 13.4. The highest BCUT2D eigenvalue weighted by molar-refractivity contribution is 5.76. The molecular formula is C10H23N3O. The van der Waals surface area contributed by atoms with Crippen LogP contribution in [0.25, 0.3) is 0 Å². The normalized spacial score (nSPS) is 11.0. The van der Waals surface area contributed by atoms with E-state index in [1.165, 1.54) is 0 Å². The van der Waals surface area contributed by atoms with E-state index in [1.54, 1.807) is 0 Å². The predicted octanol–water partition coefficient (Wildman–Crippen LogP) is 0.0523. The summed E-state index contributed by atoms with van der Waals surface area (Å²) in [6, 6.07) is 0.240. The molecule has 0 rings (SSSR count). The zero-order valence-electron chi connectivity index (χ0n) is 9.76. The molecule has 84 valence electrons. The standard InChI is InChI=1S/C10H23N3O/c1-9(2)12-10(14)5-6-11-7-8-13(3)4/h9,11H,5-8H2,1-4H3,(H,12,14). The fourth-order valence-electron chi connectivity index (χ4n) is 1.02. The Labute approximate surface area is 87.0 Å². The highest BCUT2D eigenvalue weighted by atomic mass is 16.1. The quantitative estimate of drug-likeness (QED) is 0.572. The minimum atomic E-state index is 0.123. The molecule has 0 unspecified atom stereocenters. The number of nitrogens with zero attached hydrogens (tertiary/aromatic N) is 1. The van der Waals surface area contributed by atoms with Crippen molar-refractivity contribution in [2.45, 2.75) is 26.3 Å². The van der Waals surface area contributed by atoms with E-state index in [0.29, 0.717) is 6.42 Å². The van der Waals surface area contributed by atoms with Gasteiger partial charge in [-0.2, -0.15) is 0 Å². The van der Waals surface area contributed by atoms with Crippen molar-refractivity contribution in [2.75, 3.05) is 33.7 Å². The number of rotatable bonds is 7. The van der Waals surface area contributed by atoms with Crippen molar-refractivity contribution in [1.82, 2.24) is 15.5 Å². The molecule has 2 N–H and O–H groups in total. The van der Waals surface area contributed by atoms with Gasteiger partial charge in [0.05, 0.1) is 0 Å². The van der Waals surface area contributed by atoms with Crippen LogP contribution in [0, 0.1) is 0 Å². The minimum absolute atomic E-state index is 0.123. The molecule has 0 aliphatic heterocycles. The van der Waals surface area contributed by atoms with Crippen molar-refractivity contribution in [3.05, 3.63) is 0 Å². The molecule has 0 aromatic rings. The summed E-state index contributed by atoms with van der Waals surface area (Å²) in [6.45, 7) is 6.63. The summed E-state index contributed by atoms with van der Waals surface area (Å²) in [5.74, 6) is 0.123. The van der Waals surface area contributed by atoms with Crippen molar-refractivity contribution < 1.29 is 4.79 Å². The van der Waals surface area contributed by atoms with Crippen molar-refractivity contribution in [3.63, 3.8) is 0 Å². The minimum Gasteiger partial charge on any atom is -0.354 e. The molecule has 14 heavy (non-hydrogen) atoms. The third kappa shape index (κ3) is 9.48. The van der Waals surface area contributed by atoms with E-state index in [1.807, 2.05) is 27.9 Å². The van der Waals surface area contributed by atoms with Gasteiger partial charge >= 0.3 is 0 Å². The van der Waals surface area contributed by atoms with Crippen LogP contribution in [0.4, 0.5) is 0 Å². The Balaban J connectivity index is 3.23. The summed E-state index contributed by atoms with van der Waals surface area (Å²) in [7, 11) is 4.07. The zero-order valence-corrected chi connectivity index (χ0v) is 9.76. The molecule has 0 spiro atoms. The van der Waals surface area contributed by atoms with Gasteiger partial charge in [-0.05, 0) is 27.9 Å². The summed E-state index contributed by atoms with van der Waals surface area (Å²) < 4.78 is 0. The Morgan fingerprint density at radius 2 is 1.93 bits per heavy atom. The molecule has 0 aromatic carbocycles. The van der Waals surface area contributed by atoms with Gasteiger partial charge in [0.2, 0.25) is 5.91 Å². The van der Waals surface area contributed by atoms with E-state index in [4.69, 9.17) is 0 Å². The smallest absolute Gasteiger partial charge is 0.221 e. The van der Waals surface area contributed by atoms with Gasteiger partial charge in [0.25, 0.3) is 0 Å². The van der Waals surface area contributed by atoms with Crippen LogP contribution in [0.3, 0.4) is 0 Å². The molecule has 4 heteroatoms. The maximum atomic E-state index is 11.2. The van der Waals surface area contributed by atoms with Crippen LogP contribution in [0.5, 0.6) is 0 Å². The Kier molecular flexibility index (Phi) is 7.42. The lowest BCUT2D eigenvalue weighted by Gasteiger charge is -2.11.